The van der Waals surface area contributed by atoms with E-state index in [9.17, 15) is 9.59 Å². The van der Waals surface area contributed by atoms with Crippen molar-refractivity contribution < 1.29 is 9.59 Å². The second-order valence-electron chi connectivity index (χ2n) is 5.43. The van der Waals surface area contributed by atoms with Gasteiger partial charge in [0.15, 0.2) is 5.13 Å². The van der Waals surface area contributed by atoms with Gasteiger partial charge in [0.25, 0.3) is 0 Å². The molecule has 0 spiro atoms. The Labute approximate surface area is 132 Å². The predicted octanol–water partition coefficient (Wildman–Crippen LogP) is 2.58. The number of rotatable bonds is 4. The average molecular weight is 315 g/mol. The highest BCUT2D eigenvalue weighted by Gasteiger charge is 2.26. The molecular weight excluding hydrogens is 298 g/mol. The van der Waals surface area contributed by atoms with Gasteiger partial charge in [-0.15, -0.1) is 11.3 Å². The molecule has 2 N–H and O–H groups in total. The molecule has 1 unspecified atom stereocenters. The van der Waals surface area contributed by atoms with Crippen LogP contribution in [0.25, 0.3) is 11.3 Å². The quantitative estimate of drug-likeness (QED) is 0.911. The summed E-state index contributed by atoms with van der Waals surface area (Å²) in [5.41, 5.74) is 3.07. The fraction of sp³-hybridized carbons (Fsp3) is 0.312. The van der Waals surface area contributed by atoms with Crippen molar-refractivity contribution in [3.8, 4) is 11.3 Å². The lowest BCUT2D eigenvalue weighted by Gasteiger charge is -2.05. The Kier molecular flexibility index (Phi) is 4.20. The van der Waals surface area contributed by atoms with Gasteiger partial charge in [-0.25, -0.2) is 4.98 Å². The molecule has 1 atom stereocenters. The van der Waals surface area contributed by atoms with Gasteiger partial charge in [-0.2, -0.15) is 0 Å². The number of benzene rings is 1. The largest absolute Gasteiger partial charge is 0.356 e. The van der Waals surface area contributed by atoms with E-state index in [0.29, 0.717) is 11.7 Å². The molecule has 1 fully saturated rings. The Hall–Kier alpha value is -2.21. The number of carbonyl (C=O) groups is 2. The van der Waals surface area contributed by atoms with Crippen LogP contribution in [0.4, 0.5) is 5.13 Å². The summed E-state index contributed by atoms with van der Waals surface area (Å²) >= 11 is 1.39. The predicted molar refractivity (Wildman–Crippen MR) is 86.7 cm³/mol. The van der Waals surface area contributed by atoms with Gasteiger partial charge >= 0.3 is 0 Å². The van der Waals surface area contributed by atoms with Gasteiger partial charge < -0.3 is 10.6 Å². The van der Waals surface area contributed by atoms with Crippen molar-refractivity contribution in [1.29, 1.82) is 0 Å². The molecule has 2 heterocycles. The zero-order valence-electron chi connectivity index (χ0n) is 12.3. The molecule has 1 aliphatic heterocycles. The van der Waals surface area contributed by atoms with Gasteiger partial charge in [-0.05, 0) is 13.3 Å². The number of amides is 2. The average Bonchev–Trinajstić information content (AvgIpc) is 3.10. The summed E-state index contributed by atoms with van der Waals surface area (Å²) in [4.78, 5) is 27.9. The maximum absolute atomic E-state index is 12.0. The fourth-order valence-electron chi connectivity index (χ4n) is 2.42. The Balaban J connectivity index is 1.62. The molecule has 0 aliphatic carbocycles. The molecule has 114 valence electrons. The smallest absolute Gasteiger partial charge is 0.226 e. The molecule has 0 saturated carbocycles. The van der Waals surface area contributed by atoms with Gasteiger partial charge in [-0.1, -0.05) is 29.8 Å². The minimum Gasteiger partial charge on any atom is -0.356 e. The zero-order valence-corrected chi connectivity index (χ0v) is 13.1. The van der Waals surface area contributed by atoms with Crippen LogP contribution in [0, 0.1) is 12.8 Å². The van der Waals surface area contributed by atoms with E-state index in [1.165, 1.54) is 16.9 Å². The van der Waals surface area contributed by atoms with Crippen LogP contribution in [0.1, 0.15) is 18.4 Å². The molecule has 0 bridgehead atoms. The van der Waals surface area contributed by atoms with Crippen molar-refractivity contribution >= 4 is 28.3 Å². The second kappa shape index (κ2) is 6.27. The summed E-state index contributed by atoms with van der Waals surface area (Å²) in [6.07, 6.45) is 0.935. The maximum Gasteiger partial charge on any atom is 0.226 e. The SMILES string of the molecule is Cc1ccc(-c2csc(NC(=O)CC3CCNC3=O)n2)cc1. The Morgan fingerprint density at radius 2 is 2.18 bits per heavy atom. The van der Waals surface area contributed by atoms with Crippen LogP contribution in [0.2, 0.25) is 0 Å². The lowest BCUT2D eigenvalue weighted by Crippen LogP contribution is -2.23. The van der Waals surface area contributed by atoms with Crippen LogP contribution in [0.5, 0.6) is 0 Å². The molecule has 1 saturated heterocycles. The number of carbonyl (C=O) groups excluding carboxylic acids is 2. The minimum absolute atomic E-state index is 0.0327. The van der Waals surface area contributed by atoms with Crippen molar-refractivity contribution in [3.63, 3.8) is 0 Å². The third-order valence-electron chi connectivity index (χ3n) is 3.69. The third kappa shape index (κ3) is 3.33. The lowest BCUT2D eigenvalue weighted by molar-refractivity contribution is -0.126. The van der Waals surface area contributed by atoms with Crippen LogP contribution in [0.3, 0.4) is 0 Å². The van der Waals surface area contributed by atoms with Gasteiger partial charge in [0.1, 0.15) is 0 Å². The molecule has 2 aromatic rings. The summed E-state index contributed by atoms with van der Waals surface area (Å²) in [7, 11) is 0. The Morgan fingerprint density at radius 3 is 2.86 bits per heavy atom. The van der Waals surface area contributed by atoms with Crippen LogP contribution < -0.4 is 10.6 Å². The van der Waals surface area contributed by atoms with E-state index in [4.69, 9.17) is 0 Å². The van der Waals surface area contributed by atoms with E-state index in [1.807, 2.05) is 36.6 Å². The molecular formula is C16H17N3O2S. The minimum atomic E-state index is -0.212. The number of hydrogen-bond donors (Lipinski definition) is 2. The van der Waals surface area contributed by atoms with Gasteiger partial charge in [0, 0.05) is 29.8 Å². The highest BCUT2D eigenvalue weighted by atomic mass is 32.1. The first-order valence-electron chi connectivity index (χ1n) is 7.22. The topological polar surface area (TPSA) is 71.1 Å². The van der Waals surface area contributed by atoms with Crippen molar-refractivity contribution in [2.75, 3.05) is 11.9 Å². The monoisotopic (exact) mass is 315 g/mol. The number of nitrogens with one attached hydrogen (secondary N) is 2. The highest BCUT2D eigenvalue weighted by molar-refractivity contribution is 7.14. The van der Waals surface area contributed by atoms with Gasteiger partial charge in [-0.3, -0.25) is 9.59 Å². The summed E-state index contributed by atoms with van der Waals surface area (Å²) in [6.45, 7) is 2.70. The molecule has 2 amide bonds. The second-order valence-corrected chi connectivity index (χ2v) is 6.29. The number of hydrogen-bond acceptors (Lipinski definition) is 4. The zero-order chi connectivity index (χ0) is 15.5. The van der Waals surface area contributed by atoms with Gasteiger partial charge in [0.2, 0.25) is 11.8 Å². The van der Waals surface area contributed by atoms with E-state index in [1.54, 1.807) is 0 Å². The molecule has 0 radical (unpaired) electrons. The van der Waals surface area contributed by atoms with Crippen LogP contribution in [0.15, 0.2) is 29.6 Å². The van der Waals surface area contributed by atoms with Crippen molar-refractivity contribution in [2.24, 2.45) is 5.92 Å². The third-order valence-corrected chi connectivity index (χ3v) is 4.45. The normalized spacial score (nSPS) is 17.3. The Morgan fingerprint density at radius 1 is 1.41 bits per heavy atom. The van der Waals surface area contributed by atoms with Gasteiger partial charge in [0.05, 0.1) is 5.69 Å². The number of aryl methyl sites for hydroxylation is 1. The first kappa shape index (κ1) is 14.7. The van der Waals surface area contributed by atoms with Crippen LogP contribution >= 0.6 is 11.3 Å². The molecule has 1 aliphatic rings. The number of thiazole rings is 1. The molecule has 3 rings (SSSR count). The lowest BCUT2D eigenvalue weighted by atomic mass is 10.0. The summed E-state index contributed by atoms with van der Waals surface area (Å²) in [5, 5.41) is 8.00. The van der Waals surface area contributed by atoms with Crippen molar-refractivity contribution in [1.82, 2.24) is 10.3 Å². The standard InChI is InChI=1S/C16H17N3O2S/c1-10-2-4-11(5-3-10)13-9-22-16(18-13)19-14(20)8-12-6-7-17-15(12)21/h2-5,9,12H,6-8H2,1H3,(H,17,21)(H,18,19,20). The number of anilines is 1. The molecule has 6 heteroatoms. The maximum atomic E-state index is 12.0. The van der Waals surface area contributed by atoms with Crippen LogP contribution in [-0.4, -0.2) is 23.3 Å². The highest BCUT2D eigenvalue weighted by Crippen LogP contribution is 2.25. The van der Waals surface area contributed by atoms with Crippen molar-refractivity contribution in [2.45, 2.75) is 19.8 Å². The summed E-state index contributed by atoms with van der Waals surface area (Å²) in [5.74, 6) is -0.405. The van der Waals surface area contributed by atoms with E-state index in [-0.39, 0.29) is 24.2 Å². The van der Waals surface area contributed by atoms with Crippen molar-refractivity contribution in [3.05, 3.63) is 35.2 Å². The molecule has 1 aromatic carbocycles. The van der Waals surface area contributed by atoms with E-state index >= 15 is 0 Å². The van der Waals surface area contributed by atoms with E-state index in [0.717, 1.165) is 17.7 Å². The molecule has 22 heavy (non-hydrogen) atoms. The summed E-state index contributed by atoms with van der Waals surface area (Å²) < 4.78 is 0. The first-order chi connectivity index (χ1) is 10.6. The van der Waals surface area contributed by atoms with Crippen LogP contribution in [-0.2, 0) is 9.59 Å². The summed E-state index contributed by atoms with van der Waals surface area (Å²) in [6, 6.07) is 8.09. The fourth-order valence-corrected chi connectivity index (χ4v) is 3.16. The first-order valence-corrected chi connectivity index (χ1v) is 8.10. The molecule has 1 aromatic heterocycles. The molecule has 5 nitrogen and oxygen atoms in total. The number of aromatic nitrogens is 1. The van der Waals surface area contributed by atoms with E-state index in [2.05, 4.69) is 15.6 Å². The van der Waals surface area contributed by atoms with E-state index < -0.39 is 0 Å². The Bertz CT molecular complexity index is 694. The number of nitrogens with zero attached hydrogens (tertiary/aromatic N) is 1.